The van der Waals surface area contributed by atoms with Crippen molar-refractivity contribution < 1.29 is 23.6 Å². The van der Waals surface area contributed by atoms with Gasteiger partial charge in [0, 0.05) is 24.4 Å². The molecule has 3 aromatic carbocycles. The van der Waals surface area contributed by atoms with E-state index >= 15 is 0 Å². The number of anilines is 3. The van der Waals surface area contributed by atoms with Gasteiger partial charge in [0.1, 0.15) is 11.3 Å². The Hall–Kier alpha value is -5.94. The van der Waals surface area contributed by atoms with Gasteiger partial charge in [-0.15, -0.1) is 0 Å². The minimum Gasteiger partial charge on any atom is -0.493 e. The van der Waals surface area contributed by atoms with Crippen LogP contribution in [-0.4, -0.2) is 50.9 Å². The topological polar surface area (TPSA) is 188 Å². The summed E-state index contributed by atoms with van der Waals surface area (Å²) in [5, 5.41) is 23.6. The molecule has 17 heteroatoms. The van der Waals surface area contributed by atoms with Gasteiger partial charge in [-0.1, -0.05) is 24.3 Å². The first-order valence-corrected chi connectivity index (χ1v) is 14.6. The molecule has 47 heavy (non-hydrogen) atoms. The number of thiocarbonyl (C=S) groups is 2. The van der Waals surface area contributed by atoms with Gasteiger partial charge in [-0.25, -0.2) is 4.79 Å². The lowest BCUT2D eigenvalue weighted by Crippen LogP contribution is -2.31. The fourth-order valence-electron chi connectivity index (χ4n) is 4.24. The number of nitrogens with one attached hydrogen (secondary N) is 4. The quantitative estimate of drug-likeness (QED) is 0.0631. The van der Waals surface area contributed by atoms with Crippen molar-refractivity contribution in [2.45, 2.75) is 6.42 Å². The standard InChI is InChI=1S/C30H26N8O7S2/c1-42-22-11-10-17(14-24(22)43-2)12-13-31-29(46)36-26-33-27(37-30(47)32-18-6-5-7-19(15-18)38(40)41)35-28(34-26)45-23-16-25(39)44-21-9-4-3-8-20(21)23/h3-11,14-16H,12-13H2,1-2H3,(H4,31,32,33,34,35,36,37,46,47). The van der Waals surface area contributed by atoms with Gasteiger partial charge in [-0.3, -0.25) is 10.1 Å². The Morgan fingerprint density at radius 1 is 0.851 bits per heavy atom. The summed E-state index contributed by atoms with van der Waals surface area (Å²) < 4.78 is 21.8. The average Bonchev–Trinajstić information content (AvgIpc) is 3.04. The molecule has 0 spiro atoms. The van der Waals surface area contributed by atoms with Crippen LogP contribution in [0.4, 0.5) is 23.3 Å². The molecule has 15 nitrogen and oxygen atoms in total. The lowest BCUT2D eigenvalue weighted by Gasteiger charge is -2.14. The molecule has 5 rings (SSSR count). The van der Waals surface area contributed by atoms with Crippen LogP contribution in [0.15, 0.2) is 82.0 Å². The van der Waals surface area contributed by atoms with Crippen LogP contribution in [0.2, 0.25) is 0 Å². The predicted molar refractivity (Wildman–Crippen MR) is 183 cm³/mol. The number of nitrogens with zero attached hydrogens (tertiary/aromatic N) is 4. The number of aromatic nitrogens is 3. The van der Waals surface area contributed by atoms with Crippen LogP contribution < -0.4 is 41.1 Å². The molecule has 0 fully saturated rings. The van der Waals surface area contributed by atoms with Crippen molar-refractivity contribution in [1.82, 2.24) is 20.3 Å². The molecule has 0 aliphatic heterocycles. The molecule has 240 valence electrons. The first-order chi connectivity index (χ1) is 22.7. The maximum Gasteiger partial charge on any atom is 0.339 e. The third-order valence-electron chi connectivity index (χ3n) is 6.34. The monoisotopic (exact) mass is 674 g/mol. The van der Waals surface area contributed by atoms with Crippen LogP contribution in [0.25, 0.3) is 11.0 Å². The molecule has 0 radical (unpaired) electrons. The van der Waals surface area contributed by atoms with E-state index in [1.807, 2.05) is 18.2 Å². The van der Waals surface area contributed by atoms with Crippen molar-refractivity contribution in [2.24, 2.45) is 0 Å². The molecule has 0 unspecified atom stereocenters. The highest BCUT2D eigenvalue weighted by Gasteiger charge is 2.15. The Morgan fingerprint density at radius 3 is 2.34 bits per heavy atom. The SMILES string of the molecule is COc1ccc(CCNC(=S)Nc2nc(NC(=S)Nc3cccc([N+](=O)[O-])c3)nc(Oc3cc(=O)oc4ccccc34)n2)cc1OC. The van der Waals surface area contributed by atoms with E-state index in [1.165, 1.54) is 24.3 Å². The smallest absolute Gasteiger partial charge is 0.339 e. The van der Waals surface area contributed by atoms with Crippen molar-refractivity contribution in [3.8, 4) is 23.3 Å². The van der Waals surface area contributed by atoms with Crippen molar-refractivity contribution in [3.63, 3.8) is 0 Å². The number of rotatable bonds is 11. The van der Waals surface area contributed by atoms with Crippen LogP contribution in [0.1, 0.15) is 5.56 Å². The zero-order chi connectivity index (χ0) is 33.3. The number of hydrogen-bond donors (Lipinski definition) is 4. The van der Waals surface area contributed by atoms with Gasteiger partial charge in [0.25, 0.3) is 5.69 Å². The molecule has 0 aliphatic carbocycles. The van der Waals surface area contributed by atoms with Gasteiger partial charge in [0.2, 0.25) is 11.9 Å². The van der Waals surface area contributed by atoms with Gasteiger partial charge in [-0.05, 0) is 66.8 Å². The highest BCUT2D eigenvalue weighted by atomic mass is 32.1. The number of non-ortho nitro benzene ring substituents is 1. The molecule has 0 saturated carbocycles. The number of ether oxygens (including phenoxy) is 3. The summed E-state index contributed by atoms with van der Waals surface area (Å²) >= 11 is 10.9. The zero-order valence-corrected chi connectivity index (χ0v) is 26.4. The van der Waals surface area contributed by atoms with Crippen molar-refractivity contribution in [1.29, 1.82) is 0 Å². The van der Waals surface area contributed by atoms with Crippen LogP contribution in [0.3, 0.4) is 0 Å². The molecule has 5 aromatic rings. The minimum atomic E-state index is -0.633. The molecule has 0 saturated heterocycles. The highest BCUT2D eigenvalue weighted by molar-refractivity contribution is 7.80. The number of nitro groups is 1. The Kier molecular flexibility index (Phi) is 10.3. The summed E-state index contributed by atoms with van der Waals surface area (Å²) in [6.45, 7) is 0.462. The van der Waals surface area contributed by atoms with Gasteiger partial charge >= 0.3 is 11.6 Å². The second kappa shape index (κ2) is 14.9. The summed E-state index contributed by atoms with van der Waals surface area (Å²) in [6.07, 6.45) is 0.613. The van der Waals surface area contributed by atoms with E-state index in [2.05, 4.69) is 36.2 Å². The van der Waals surface area contributed by atoms with Gasteiger partial charge in [0.05, 0.1) is 30.6 Å². The van der Waals surface area contributed by atoms with Crippen molar-refractivity contribution in [3.05, 3.63) is 98.9 Å². The van der Waals surface area contributed by atoms with Crippen LogP contribution in [-0.2, 0) is 6.42 Å². The molecule has 0 aliphatic rings. The Bertz CT molecular complexity index is 2020. The largest absolute Gasteiger partial charge is 0.493 e. The molecule has 0 amide bonds. The number of fused-ring (bicyclic) bond motifs is 1. The summed E-state index contributed by atoms with van der Waals surface area (Å²) in [5.41, 5.74) is 0.911. The molecule has 4 N–H and O–H groups in total. The fourth-order valence-corrected chi connectivity index (χ4v) is 4.64. The predicted octanol–water partition coefficient (Wildman–Crippen LogP) is 5.03. The Labute approximate surface area is 277 Å². The number of nitro benzene ring substituents is 1. The maximum absolute atomic E-state index is 12.2. The van der Waals surface area contributed by atoms with Crippen LogP contribution in [0, 0.1) is 10.1 Å². The second-order valence-corrected chi connectivity index (χ2v) is 10.3. The number of methoxy groups -OCH3 is 2. The zero-order valence-electron chi connectivity index (χ0n) is 24.8. The Morgan fingerprint density at radius 2 is 1.60 bits per heavy atom. The normalized spacial score (nSPS) is 10.5. The van der Waals surface area contributed by atoms with Gasteiger partial charge < -0.3 is 39.9 Å². The third kappa shape index (κ3) is 8.62. The van der Waals surface area contributed by atoms with Crippen LogP contribution >= 0.6 is 24.4 Å². The van der Waals surface area contributed by atoms with E-state index < -0.39 is 10.5 Å². The summed E-state index contributed by atoms with van der Waals surface area (Å²) in [4.78, 5) is 35.8. The van der Waals surface area contributed by atoms with Gasteiger partial charge in [0.15, 0.2) is 21.7 Å². The summed E-state index contributed by atoms with van der Waals surface area (Å²) in [7, 11) is 3.14. The van der Waals surface area contributed by atoms with Crippen LogP contribution in [0.5, 0.6) is 23.3 Å². The maximum atomic E-state index is 12.2. The second-order valence-electron chi connectivity index (χ2n) is 9.50. The lowest BCUT2D eigenvalue weighted by molar-refractivity contribution is -0.384. The summed E-state index contributed by atoms with van der Waals surface area (Å²) in [6, 6.07) is 19.2. The molecular formula is C30H26N8O7S2. The van der Waals surface area contributed by atoms with Gasteiger partial charge in [-0.2, -0.15) is 15.0 Å². The minimum absolute atomic E-state index is 0.00784. The van der Waals surface area contributed by atoms with E-state index in [9.17, 15) is 14.9 Å². The number of para-hydroxylation sites is 1. The van der Waals surface area contributed by atoms with Crippen molar-refractivity contribution >= 4 is 68.9 Å². The average molecular weight is 675 g/mol. The van der Waals surface area contributed by atoms with E-state index in [0.717, 1.165) is 5.56 Å². The molecule has 2 heterocycles. The number of hydrogen-bond acceptors (Lipinski definition) is 12. The lowest BCUT2D eigenvalue weighted by atomic mass is 10.1. The Balaban J connectivity index is 1.34. The van der Waals surface area contributed by atoms with E-state index in [1.54, 1.807) is 44.6 Å². The summed E-state index contributed by atoms with van der Waals surface area (Å²) in [5.74, 6) is 1.33. The van der Waals surface area contributed by atoms with Crippen molar-refractivity contribution in [2.75, 3.05) is 36.7 Å². The van der Waals surface area contributed by atoms with E-state index in [0.29, 0.717) is 41.1 Å². The van der Waals surface area contributed by atoms with E-state index in [-0.39, 0.29) is 39.6 Å². The molecule has 2 aromatic heterocycles. The molecular weight excluding hydrogens is 649 g/mol. The first kappa shape index (κ1) is 32.5. The third-order valence-corrected chi connectivity index (χ3v) is 6.79. The first-order valence-electron chi connectivity index (χ1n) is 13.8. The molecule has 0 bridgehead atoms. The van der Waals surface area contributed by atoms with E-state index in [4.69, 9.17) is 43.1 Å². The highest BCUT2D eigenvalue weighted by Crippen LogP contribution is 2.29. The fraction of sp³-hybridized carbons (Fsp3) is 0.133. The number of benzene rings is 3. The molecule has 0 atom stereocenters.